The highest BCUT2D eigenvalue weighted by molar-refractivity contribution is 7.89. The van der Waals surface area contributed by atoms with E-state index in [-0.39, 0.29) is 17.3 Å². The number of imidazole rings is 1. The lowest BCUT2D eigenvalue weighted by atomic mass is 10.1. The lowest BCUT2D eigenvalue weighted by molar-refractivity contribution is 0.316. The predicted molar refractivity (Wildman–Crippen MR) is 70.4 cm³/mol. The topological polar surface area (TPSA) is 133 Å². The number of aromatic nitrogens is 2. The molecule has 0 aromatic carbocycles. The van der Waals surface area contributed by atoms with Crippen molar-refractivity contribution in [3.8, 4) is 0 Å². The van der Waals surface area contributed by atoms with Crippen molar-refractivity contribution in [1.29, 1.82) is 0 Å². The van der Waals surface area contributed by atoms with Gasteiger partial charge in [0, 0.05) is 18.9 Å². The highest BCUT2D eigenvalue weighted by Gasteiger charge is 2.21. The van der Waals surface area contributed by atoms with Crippen molar-refractivity contribution in [2.45, 2.75) is 44.2 Å². The van der Waals surface area contributed by atoms with Gasteiger partial charge in [-0.1, -0.05) is 19.0 Å². The van der Waals surface area contributed by atoms with Crippen LogP contribution in [0.4, 0.5) is 0 Å². The Morgan fingerprint density at radius 2 is 2.32 bits per heavy atom. The van der Waals surface area contributed by atoms with Gasteiger partial charge in [-0.15, -0.1) is 0 Å². The first-order chi connectivity index (χ1) is 8.92. The molecule has 1 aromatic heterocycles. The molecule has 1 aromatic rings. The molecule has 9 heteroatoms. The number of aromatic amines is 1. The van der Waals surface area contributed by atoms with E-state index in [9.17, 15) is 8.42 Å². The lowest BCUT2D eigenvalue weighted by Crippen LogP contribution is -2.37. The van der Waals surface area contributed by atoms with Crippen LogP contribution in [0.2, 0.25) is 0 Å². The van der Waals surface area contributed by atoms with Crippen LogP contribution in [0.1, 0.15) is 32.5 Å². The molecule has 5 N–H and O–H groups in total. The summed E-state index contributed by atoms with van der Waals surface area (Å²) < 4.78 is 26.6. The van der Waals surface area contributed by atoms with Crippen LogP contribution in [-0.2, 0) is 16.4 Å². The molecule has 0 bridgehead atoms. The molecule has 0 saturated heterocycles. The van der Waals surface area contributed by atoms with Gasteiger partial charge in [0.2, 0.25) is 0 Å². The summed E-state index contributed by atoms with van der Waals surface area (Å²) in [4.78, 5) is 6.68. The van der Waals surface area contributed by atoms with Gasteiger partial charge in [0.1, 0.15) is 11.7 Å². The second-order valence-electron chi connectivity index (χ2n) is 4.07. The van der Waals surface area contributed by atoms with Crippen molar-refractivity contribution in [1.82, 2.24) is 14.7 Å². The monoisotopic (exact) mass is 289 g/mol. The van der Waals surface area contributed by atoms with Gasteiger partial charge in [-0.2, -0.15) is 0 Å². The van der Waals surface area contributed by atoms with Crippen LogP contribution < -0.4 is 10.5 Å². The molecule has 0 amide bonds. The number of nitrogens with zero attached hydrogens (tertiary/aromatic N) is 2. The molecule has 19 heavy (non-hydrogen) atoms. The molecule has 1 rings (SSSR count). The zero-order valence-electron chi connectivity index (χ0n) is 10.9. The van der Waals surface area contributed by atoms with Crippen molar-refractivity contribution in [2.75, 3.05) is 0 Å². The maximum Gasteiger partial charge on any atom is 0.257 e. The number of hydrogen-bond donors (Lipinski definition) is 4. The summed E-state index contributed by atoms with van der Waals surface area (Å²) in [5.74, 6) is 0.582. The van der Waals surface area contributed by atoms with Crippen LogP contribution >= 0.6 is 0 Å². The van der Waals surface area contributed by atoms with Crippen LogP contribution in [0.25, 0.3) is 0 Å². The first-order valence-corrected chi connectivity index (χ1v) is 7.43. The summed E-state index contributed by atoms with van der Waals surface area (Å²) >= 11 is 0. The lowest BCUT2D eigenvalue weighted by Gasteiger charge is -2.15. The Balaban J connectivity index is 2.82. The smallest absolute Gasteiger partial charge is 0.257 e. The molecule has 0 aliphatic heterocycles. The Hall–Kier alpha value is -1.61. The van der Waals surface area contributed by atoms with Gasteiger partial charge in [0.15, 0.2) is 5.03 Å². The normalized spacial score (nSPS) is 14.5. The van der Waals surface area contributed by atoms with Crippen LogP contribution in [0.15, 0.2) is 16.4 Å². The third-order valence-electron chi connectivity index (χ3n) is 2.63. The van der Waals surface area contributed by atoms with E-state index in [4.69, 9.17) is 10.9 Å². The fourth-order valence-electron chi connectivity index (χ4n) is 1.51. The molecule has 0 spiro atoms. The zero-order valence-corrected chi connectivity index (χ0v) is 11.7. The predicted octanol–water partition coefficient (Wildman–Crippen LogP) is 0.166. The minimum absolute atomic E-state index is 0.0160. The summed E-state index contributed by atoms with van der Waals surface area (Å²) in [5, 5.41) is 11.4. The maximum atomic E-state index is 12.1. The van der Waals surface area contributed by atoms with Crippen molar-refractivity contribution in [3.63, 3.8) is 0 Å². The minimum atomic E-state index is -3.67. The molecule has 1 unspecified atom stereocenters. The summed E-state index contributed by atoms with van der Waals surface area (Å²) in [6.07, 6.45) is 2.56. The molecular weight excluding hydrogens is 270 g/mol. The van der Waals surface area contributed by atoms with E-state index in [1.165, 1.54) is 6.20 Å². The number of sulfonamides is 1. The summed E-state index contributed by atoms with van der Waals surface area (Å²) in [6.45, 7) is 3.68. The van der Waals surface area contributed by atoms with Gasteiger partial charge in [0.05, 0.1) is 6.20 Å². The molecule has 1 heterocycles. The van der Waals surface area contributed by atoms with Crippen molar-refractivity contribution < 1.29 is 13.6 Å². The molecule has 0 fully saturated rings. The molecule has 8 nitrogen and oxygen atoms in total. The fourth-order valence-corrected chi connectivity index (χ4v) is 2.76. The second-order valence-corrected chi connectivity index (χ2v) is 5.75. The first-order valence-electron chi connectivity index (χ1n) is 5.95. The number of amidine groups is 1. The molecule has 0 aliphatic rings. The van der Waals surface area contributed by atoms with Gasteiger partial charge in [-0.3, -0.25) is 0 Å². The number of aryl methyl sites for hydroxylation is 1. The summed E-state index contributed by atoms with van der Waals surface area (Å²) in [6, 6.07) is -0.436. The highest BCUT2D eigenvalue weighted by Crippen LogP contribution is 2.09. The Bertz CT molecular complexity index is 537. The molecule has 108 valence electrons. The first kappa shape index (κ1) is 15.4. The van der Waals surface area contributed by atoms with E-state index in [0.717, 1.165) is 0 Å². The van der Waals surface area contributed by atoms with Crippen molar-refractivity contribution in [2.24, 2.45) is 10.9 Å². The minimum Gasteiger partial charge on any atom is -0.409 e. The molecular formula is C10H19N5O3S. The Labute approximate surface area is 112 Å². The quantitative estimate of drug-likeness (QED) is 0.246. The highest BCUT2D eigenvalue weighted by atomic mass is 32.2. The Morgan fingerprint density at radius 3 is 2.79 bits per heavy atom. The Kier molecular flexibility index (Phi) is 5.31. The van der Waals surface area contributed by atoms with E-state index >= 15 is 0 Å². The third kappa shape index (κ3) is 4.21. The number of hydrogen-bond acceptors (Lipinski definition) is 5. The van der Waals surface area contributed by atoms with Crippen LogP contribution in [0.5, 0.6) is 0 Å². The van der Waals surface area contributed by atoms with Crippen LogP contribution in [-0.4, -0.2) is 35.5 Å². The summed E-state index contributed by atoms with van der Waals surface area (Å²) in [7, 11) is -3.67. The van der Waals surface area contributed by atoms with Gasteiger partial charge >= 0.3 is 0 Å². The van der Waals surface area contributed by atoms with Crippen LogP contribution in [0.3, 0.4) is 0 Å². The van der Waals surface area contributed by atoms with Gasteiger partial charge in [-0.05, 0) is 6.42 Å². The number of rotatable bonds is 7. The van der Waals surface area contributed by atoms with Crippen molar-refractivity contribution >= 4 is 15.9 Å². The number of nitrogens with one attached hydrogen (secondary N) is 2. The van der Waals surface area contributed by atoms with Crippen LogP contribution in [0, 0.1) is 0 Å². The number of oxime groups is 1. The molecule has 1 atom stereocenters. The van der Waals surface area contributed by atoms with Gasteiger partial charge in [0.25, 0.3) is 10.0 Å². The second kappa shape index (κ2) is 6.53. The zero-order chi connectivity index (χ0) is 14.5. The maximum absolute atomic E-state index is 12.1. The Morgan fingerprint density at radius 1 is 1.63 bits per heavy atom. The summed E-state index contributed by atoms with van der Waals surface area (Å²) in [5.41, 5.74) is 5.38. The molecule has 0 radical (unpaired) electrons. The third-order valence-corrected chi connectivity index (χ3v) is 4.06. The number of H-pyrrole nitrogens is 1. The van der Waals surface area contributed by atoms with E-state index in [1.807, 2.05) is 13.8 Å². The van der Waals surface area contributed by atoms with E-state index in [0.29, 0.717) is 18.7 Å². The van der Waals surface area contributed by atoms with Crippen molar-refractivity contribution in [3.05, 3.63) is 12.0 Å². The van der Waals surface area contributed by atoms with E-state index in [1.54, 1.807) is 0 Å². The van der Waals surface area contributed by atoms with Gasteiger partial charge in [-0.25, -0.2) is 18.1 Å². The average Bonchev–Trinajstić information content (AvgIpc) is 2.87. The van der Waals surface area contributed by atoms with E-state index in [2.05, 4.69) is 19.8 Å². The molecule has 0 saturated carbocycles. The number of nitrogens with two attached hydrogens (primary N) is 1. The molecule has 0 aliphatic carbocycles. The van der Waals surface area contributed by atoms with Gasteiger partial charge < -0.3 is 15.9 Å². The fraction of sp³-hybridized carbons (Fsp3) is 0.600. The SMILES string of the molecule is CCc1ncc(S(=O)(=O)NC(CC)CC(N)=NO)[nH]1. The standard InChI is InChI=1S/C10H19N5O3S/c1-3-7(5-8(11)14-16)15-19(17,18)10-6-12-9(4-2)13-10/h6-7,15-16H,3-5H2,1-2H3,(H2,11,14)(H,12,13). The average molecular weight is 289 g/mol. The largest absolute Gasteiger partial charge is 0.409 e. The van der Waals surface area contributed by atoms with E-state index < -0.39 is 16.1 Å².